The summed E-state index contributed by atoms with van der Waals surface area (Å²) in [5.41, 5.74) is 7.98. The first kappa shape index (κ1) is 12.8. The molecule has 96 valence electrons. The van der Waals surface area contributed by atoms with Gasteiger partial charge in [-0.3, -0.25) is 0 Å². The fourth-order valence-electron chi connectivity index (χ4n) is 1.72. The van der Waals surface area contributed by atoms with Crippen molar-refractivity contribution >= 4 is 22.7 Å². The van der Waals surface area contributed by atoms with E-state index in [0.717, 1.165) is 22.7 Å². The lowest BCUT2D eigenvalue weighted by Gasteiger charge is -2.20. The molecular formula is C12H13F2N3S. The summed E-state index contributed by atoms with van der Waals surface area (Å²) in [7, 11) is 1.64. The van der Waals surface area contributed by atoms with E-state index >= 15 is 0 Å². The Labute approximate surface area is 108 Å². The summed E-state index contributed by atoms with van der Waals surface area (Å²) in [5, 5.41) is 0. The number of aromatic nitrogens is 1. The topological polar surface area (TPSA) is 42.2 Å². The summed E-state index contributed by atoms with van der Waals surface area (Å²) in [6.45, 7) is 2.28. The van der Waals surface area contributed by atoms with Crippen LogP contribution in [0.5, 0.6) is 0 Å². The van der Waals surface area contributed by atoms with Crippen LogP contribution in [0, 0.1) is 18.6 Å². The summed E-state index contributed by atoms with van der Waals surface area (Å²) in [6, 6.07) is 2.24. The van der Waals surface area contributed by atoms with Crippen molar-refractivity contribution in [2.75, 3.05) is 17.7 Å². The lowest BCUT2D eigenvalue weighted by molar-refractivity contribution is 0.578. The Morgan fingerprint density at radius 2 is 1.94 bits per heavy atom. The van der Waals surface area contributed by atoms with Crippen LogP contribution >= 0.6 is 11.3 Å². The average Bonchev–Trinajstić information content (AvgIpc) is 2.62. The van der Waals surface area contributed by atoms with Crippen molar-refractivity contribution in [2.24, 2.45) is 0 Å². The largest absolute Gasteiger partial charge is 0.399 e. The third-order valence-electron chi connectivity index (χ3n) is 2.65. The van der Waals surface area contributed by atoms with E-state index in [1.165, 1.54) is 16.2 Å². The predicted octanol–water partition coefficient (Wildman–Crippen LogP) is 2.95. The first-order chi connectivity index (χ1) is 8.49. The van der Waals surface area contributed by atoms with Gasteiger partial charge in [0.05, 0.1) is 17.7 Å². The number of thiazole rings is 1. The van der Waals surface area contributed by atoms with Crippen molar-refractivity contribution in [3.05, 3.63) is 39.8 Å². The molecule has 6 heteroatoms. The molecule has 0 atom stereocenters. The number of nitrogens with two attached hydrogens (primary N) is 1. The minimum atomic E-state index is -0.655. The van der Waals surface area contributed by atoms with Gasteiger partial charge in [0, 0.05) is 17.6 Å². The Kier molecular flexibility index (Phi) is 3.47. The molecule has 0 unspecified atom stereocenters. The molecule has 0 aliphatic carbocycles. The summed E-state index contributed by atoms with van der Waals surface area (Å²) in [5.74, 6) is -1.31. The first-order valence-corrected chi connectivity index (χ1v) is 6.21. The number of hydrogen-bond donors (Lipinski definition) is 1. The molecule has 1 aromatic heterocycles. The van der Waals surface area contributed by atoms with Gasteiger partial charge < -0.3 is 10.6 Å². The van der Waals surface area contributed by atoms with Gasteiger partial charge >= 0.3 is 0 Å². The fourth-order valence-corrected chi connectivity index (χ4v) is 2.55. The number of hydrogen-bond acceptors (Lipinski definition) is 4. The van der Waals surface area contributed by atoms with Gasteiger partial charge in [0.1, 0.15) is 5.69 Å². The van der Waals surface area contributed by atoms with E-state index in [-0.39, 0.29) is 11.4 Å². The molecule has 3 nitrogen and oxygen atoms in total. The van der Waals surface area contributed by atoms with Crippen molar-refractivity contribution in [1.29, 1.82) is 0 Å². The van der Waals surface area contributed by atoms with Gasteiger partial charge in [-0.05, 0) is 19.1 Å². The molecule has 0 aliphatic heterocycles. The molecule has 18 heavy (non-hydrogen) atoms. The maximum atomic E-state index is 13.7. The number of benzene rings is 1. The van der Waals surface area contributed by atoms with E-state index in [9.17, 15) is 8.78 Å². The van der Waals surface area contributed by atoms with E-state index in [2.05, 4.69) is 4.98 Å². The van der Waals surface area contributed by atoms with Crippen LogP contribution in [-0.4, -0.2) is 12.0 Å². The number of rotatable bonds is 3. The standard InChI is InChI=1S/C12H13F2N3S/c1-7-11(18-6-16-7)5-17(2)12-9(13)3-8(15)4-10(12)14/h3-4,6H,5,15H2,1-2H3. The number of nitrogen functional groups attached to an aromatic ring is 1. The molecule has 2 rings (SSSR count). The molecule has 0 saturated heterocycles. The maximum Gasteiger partial charge on any atom is 0.151 e. The lowest BCUT2D eigenvalue weighted by atomic mass is 10.2. The van der Waals surface area contributed by atoms with Crippen LogP contribution in [0.4, 0.5) is 20.2 Å². The number of anilines is 2. The van der Waals surface area contributed by atoms with Crippen molar-refractivity contribution in [3.63, 3.8) is 0 Å². The van der Waals surface area contributed by atoms with Crippen molar-refractivity contribution < 1.29 is 8.78 Å². The Bertz CT molecular complexity index is 545. The highest BCUT2D eigenvalue weighted by Gasteiger charge is 2.16. The molecule has 0 bridgehead atoms. The second kappa shape index (κ2) is 4.89. The van der Waals surface area contributed by atoms with E-state index in [0.29, 0.717) is 6.54 Å². The van der Waals surface area contributed by atoms with Gasteiger partial charge in [0.25, 0.3) is 0 Å². The fraction of sp³-hybridized carbons (Fsp3) is 0.250. The van der Waals surface area contributed by atoms with E-state index in [1.807, 2.05) is 6.92 Å². The SMILES string of the molecule is Cc1ncsc1CN(C)c1c(F)cc(N)cc1F. The smallest absolute Gasteiger partial charge is 0.151 e. The lowest BCUT2D eigenvalue weighted by Crippen LogP contribution is -2.19. The molecular weight excluding hydrogens is 256 g/mol. The maximum absolute atomic E-state index is 13.7. The zero-order valence-electron chi connectivity index (χ0n) is 10.1. The minimum absolute atomic E-state index is 0.0722. The predicted molar refractivity (Wildman–Crippen MR) is 69.7 cm³/mol. The van der Waals surface area contributed by atoms with E-state index in [4.69, 9.17) is 5.73 Å². The summed E-state index contributed by atoms with van der Waals surface area (Å²) in [6.07, 6.45) is 0. The second-order valence-corrected chi connectivity index (χ2v) is 4.99. The van der Waals surface area contributed by atoms with Gasteiger partial charge in [-0.2, -0.15) is 0 Å². The van der Waals surface area contributed by atoms with Gasteiger partial charge in [0.15, 0.2) is 11.6 Å². The van der Waals surface area contributed by atoms with E-state index in [1.54, 1.807) is 12.6 Å². The molecule has 0 fully saturated rings. The monoisotopic (exact) mass is 269 g/mol. The van der Waals surface area contributed by atoms with E-state index < -0.39 is 11.6 Å². The van der Waals surface area contributed by atoms with Crippen LogP contribution in [0.2, 0.25) is 0 Å². The number of nitrogens with zero attached hydrogens (tertiary/aromatic N) is 2. The number of aryl methyl sites for hydroxylation is 1. The molecule has 1 heterocycles. The van der Waals surface area contributed by atoms with Crippen LogP contribution in [0.1, 0.15) is 10.6 Å². The van der Waals surface area contributed by atoms with Crippen LogP contribution in [0.3, 0.4) is 0 Å². The van der Waals surface area contributed by atoms with Crippen LogP contribution < -0.4 is 10.6 Å². The zero-order chi connectivity index (χ0) is 13.3. The molecule has 0 saturated carbocycles. The third-order valence-corrected chi connectivity index (χ3v) is 3.57. The van der Waals surface area contributed by atoms with Gasteiger partial charge in [-0.25, -0.2) is 13.8 Å². The normalized spacial score (nSPS) is 10.7. The Morgan fingerprint density at radius 1 is 1.33 bits per heavy atom. The summed E-state index contributed by atoms with van der Waals surface area (Å²) in [4.78, 5) is 6.60. The molecule has 0 radical (unpaired) electrons. The average molecular weight is 269 g/mol. The quantitative estimate of drug-likeness (QED) is 0.871. The first-order valence-electron chi connectivity index (χ1n) is 5.33. The van der Waals surface area contributed by atoms with Gasteiger partial charge in [-0.15, -0.1) is 11.3 Å². The minimum Gasteiger partial charge on any atom is -0.399 e. The van der Waals surface area contributed by atoms with Crippen LogP contribution in [0.15, 0.2) is 17.6 Å². The molecule has 2 aromatic rings. The molecule has 0 aliphatic rings. The highest BCUT2D eigenvalue weighted by atomic mass is 32.1. The highest BCUT2D eigenvalue weighted by Crippen LogP contribution is 2.27. The van der Waals surface area contributed by atoms with Crippen molar-refractivity contribution in [2.45, 2.75) is 13.5 Å². The molecule has 2 N–H and O–H groups in total. The van der Waals surface area contributed by atoms with Crippen molar-refractivity contribution in [3.8, 4) is 0 Å². The third kappa shape index (κ3) is 2.43. The second-order valence-electron chi connectivity index (χ2n) is 4.05. The highest BCUT2D eigenvalue weighted by molar-refractivity contribution is 7.09. The molecule has 1 aromatic carbocycles. The number of halogens is 2. The zero-order valence-corrected chi connectivity index (χ0v) is 10.9. The van der Waals surface area contributed by atoms with Gasteiger partial charge in [-0.1, -0.05) is 0 Å². The summed E-state index contributed by atoms with van der Waals surface area (Å²) < 4.78 is 27.4. The molecule has 0 spiro atoms. The van der Waals surface area contributed by atoms with Crippen molar-refractivity contribution in [1.82, 2.24) is 4.98 Å². The Balaban J connectivity index is 2.29. The van der Waals surface area contributed by atoms with Gasteiger partial charge in [0.2, 0.25) is 0 Å². The Morgan fingerprint density at radius 3 is 2.44 bits per heavy atom. The van der Waals surface area contributed by atoms with Crippen LogP contribution in [0.25, 0.3) is 0 Å². The Hall–Kier alpha value is -1.69. The molecule has 0 amide bonds. The summed E-state index contributed by atoms with van der Waals surface area (Å²) >= 11 is 1.47. The van der Waals surface area contributed by atoms with Crippen LogP contribution in [-0.2, 0) is 6.54 Å².